The predicted octanol–water partition coefficient (Wildman–Crippen LogP) is 4.40. The molecule has 0 aliphatic rings. The number of carbonyl (C=O) groups excluding carboxylic acids is 1. The van der Waals surface area contributed by atoms with E-state index in [4.69, 9.17) is 4.74 Å². The second kappa shape index (κ2) is 10.1. The van der Waals surface area contributed by atoms with Crippen molar-refractivity contribution in [3.8, 4) is 11.8 Å². The third kappa shape index (κ3) is 4.83. The summed E-state index contributed by atoms with van der Waals surface area (Å²) < 4.78 is 5.97. The molecule has 1 heterocycles. The van der Waals surface area contributed by atoms with Crippen molar-refractivity contribution in [3.63, 3.8) is 0 Å². The van der Waals surface area contributed by atoms with Crippen molar-refractivity contribution in [3.05, 3.63) is 74.7 Å². The molecule has 0 atom stereocenters. The number of amides is 1. The molecule has 6 nitrogen and oxygen atoms in total. The van der Waals surface area contributed by atoms with Gasteiger partial charge in [-0.15, -0.1) is 0 Å². The molecule has 0 unspecified atom stereocenters. The van der Waals surface area contributed by atoms with E-state index >= 15 is 0 Å². The Balaban J connectivity index is 1.80. The molecule has 1 aromatic heterocycles. The summed E-state index contributed by atoms with van der Waals surface area (Å²) in [4.78, 5) is 29.3. The van der Waals surface area contributed by atoms with Crippen LogP contribution in [0, 0.1) is 25.2 Å². The fraction of sp³-hybridized carbons (Fsp3) is 0.346. The first-order chi connectivity index (χ1) is 15.4. The highest BCUT2D eigenvalue weighted by atomic mass is 16.5. The highest BCUT2D eigenvalue weighted by Gasteiger charge is 2.17. The number of rotatable bonds is 8. The summed E-state index contributed by atoms with van der Waals surface area (Å²) in [5, 5.41) is 11.4. The summed E-state index contributed by atoms with van der Waals surface area (Å²) in [5.41, 5.74) is 2.92. The minimum atomic E-state index is -0.384. The van der Waals surface area contributed by atoms with E-state index in [0.29, 0.717) is 30.8 Å². The molecule has 0 aliphatic heterocycles. The second-order valence-corrected chi connectivity index (χ2v) is 8.03. The molecule has 0 aliphatic carbocycles. The predicted molar refractivity (Wildman–Crippen MR) is 126 cm³/mol. The Morgan fingerprint density at radius 3 is 2.62 bits per heavy atom. The number of hydrogen-bond donors (Lipinski definition) is 1. The lowest BCUT2D eigenvalue weighted by atomic mass is 9.98. The fourth-order valence-corrected chi connectivity index (χ4v) is 3.99. The van der Waals surface area contributed by atoms with Gasteiger partial charge in [0.15, 0.2) is 0 Å². The van der Waals surface area contributed by atoms with E-state index in [1.165, 1.54) is 0 Å². The zero-order valence-corrected chi connectivity index (χ0v) is 19.1. The number of carbonyl (C=O) groups is 1. The zero-order valence-electron chi connectivity index (χ0n) is 19.1. The second-order valence-electron chi connectivity index (χ2n) is 8.03. The molecule has 1 N–H and O–H groups in total. The molecule has 0 saturated carbocycles. The summed E-state index contributed by atoms with van der Waals surface area (Å²) in [7, 11) is 1.79. The third-order valence-electron chi connectivity index (χ3n) is 5.79. The van der Waals surface area contributed by atoms with Crippen LogP contribution in [0.15, 0.2) is 41.2 Å². The van der Waals surface area contributed by atoms with Crippen LogP contribution >= 0.6 is 0 Å². The van der Waals surface area contributed by atoms with Gasteiger partial charge in [0.1, 0.15) is 17.4 Å². The largest absolute Gasteiger partial charge is 0.493 e. The average Bonchev–Trinajstić information content (AvgIpc) is 2.78. The summed E-state index contributed by atoms with van der Waals surface area (Å²) in [6.07, 6.45) is 1.65. The van der Waals surface area contributed by atoms with Gasteiger partial charge in [0.25, 0.3) is 5.56 Å². The van der Waals surface area contributed by atoms with Crippen molar-refractivity contribution < 1.29 is 9.53 Å². The monoisotopic (exact) mass is 431 g/mol. The van der Waals surface area contributed by atoms with Gasteiger partial charge in [0.05, 0.1) is 6.61 Å². The molecule has 0 fully saturated rings. The molecule has 0 spiro atoms. The number of hydrogen-bond acceptors (Lipinski definition) is 4. The number of aromatic nitrogens is 1. The topological polar surface area (TPSA) is 86.2 Å². The van der Waals surface area contributed by atoms with Gasteiger partial charge in [0.2, 0.25) is 5.91 Å². The van der Waals surface area contributed by atoms with E-state index in [2.05, 4.69) is 24.0 Å². The molecule has 0 bridgehead atoms. The van der Waals surface area contributed by atoms with E-state index in [-0.39, 0.29) is 23.5 Å². The van der Waals surface area contributed by atoms with Crippen LogP contribution in [0.2, 0.25) is 0 Å². The Kier molecular flexibility index (Phi) is 7.32. The van der Waals surface area contributed by atoms with Gasteiger partial charge < -0.3 is 14.6 Å². The molecule has 3 rings (SSSR count). The van der Waals surface area contributed by atoms with Crippen LogP contribution in [0.5, 0.6) is 5.75 Å². The summed E-state index contributed by atoms with van der Waals surface area (Å²) in [6, 6.07) is 14.1. The number of aromatic amines is 1. The summed E-state index contributed by atoms with van der Waals surface area (Å²) in [6.45, 7) is 6.68. The molecule has 1 amide bonds. The quantitative estimate of drug-likeness (QED) is 0.573. The van der Waals surface area contributed by atoms with Crippen molar-refractivity contribution in [2.45, 2.75) is 46.6 Å². The van der Waals surface area contributed by atoms with Gasteiger partial charge in [-0.3, -0.25) is 9.59 Å². The number of nitrogens with zero attached hydrogens (tertiary/aromatic N) is 2. The zero-order chi connectivity index (χ0) is 23.3. The van der Waals surface area contributed by atoms with Gasteiger partial charge in [0, 0.05) is 31.3 Å². The van der Waals surface area contributed by atoms with Crippen LogP contribution < -0.4 is 10.3 Å². The minimum absolute atomic E-state index is 0.0112. The molecular formula is C26H29N3O3. The Morgan fingerprint density at radius 1 is 1.16 bits per heavy atom. The number of nitrogens with one attached hydrogen (secondary N) is 1. The third-order valence-corrected chi connectivity index (χ3v) is 5.79. The van der Waals surface area contributed by atoms with Crippen LogP contribution in [0.4, 0.5) is 0 Å². The fourth-order valence-electron chi connectivity index (χ4n) is 3.99. The van der Waals surface area contributed by atoms with Crippen molar-refractivity contribution >= 4 is 16.7 Å². The minimum Gasteiger partial charge on any atom is -0.493 e. The van der Waals surface area contributed by atoms with E-state index in [1.807, 2.05) is 30.3 Å². The van der Waals surface area contributed by atoms with Crippen LogP contribution in [0.1, 0.15) is 47.7 Å². The number of H-pyrrole nitrogens is 1. The Labute approximate surface area is 188 Å². The number of nitriles is 1. The van der Waals surface area contributed by atoms with Crippen LogP contribution in [0.25, 0.3) is 10.8 Å². The Bertz CT molecular complexity index is 1240. The van der Waals surface area contributed by atoms with Gasteiger partial charge >= 0.3 is 0 Å². The lowest BCUT2D eigenvalue weighted by Crippen LogP contribution is -2.27. The molecule has 0 radical (unpaired) electrons. The molecule has 32 heavy (non-hydrogen) atoms. The highest BCUT2D eigenvalue weighted by molar-refractivity contribution is 5.88. The van der Waals surface area contributed by atoms with Crippen LogP contribution in [-0.2, 0) is 17.8 Å². The van der Waals surface area contributed by atoms with E-state index < -0.39 is 0 Å². The Hall–Kier alpha value is -3.59. The van der Waals surface area contributed by atoms with Gasteiger partial charge in [-0.25, -0.2) is 0 Å². The molecule has 166 valence electrons. The van der Waals surface area contributed by atoms with E-state index in [9.17, 15) is 14.9 Å². The van der Waals surface area contributed by atoms with E-state index in [0.717, 1.165) is 34.1 Å². The number of fused-ring (bicyclic) bond motifs is 1. The van der Waals surface area contributed by atoms with Gasteiger partial charge in [-0.1, -0.05) is 37.3 Å². The van der Waals surface area contributed by atoms with E-state index in [1.54, 1.807) is 25.8 Å². The molecule has 2 aromatic carbocycles. The normalized spacial score (nSPS) is 10.7. The van der Waals surface area contributed by atoms with Gasteiger partial charge in [-0.05, 0) is 54.7 Å². The average molecular weight is 432 g/mol. The lowest BCUT2D eigenvalue weighted by molar-refractivity contribution is -0.130. The number of pyridine rings is 1. The summed E-state index contributed by atoms with van der Waals surface area (Å²) >= 11 is 0. The van der Waals surface area contributed by atoms with Crippen molar-refractivity contribution in [1.29, 1.82) is 5.26 Å². The number of aryl methyl sites for hydroxylation is 1. The molecule has 3 aromatic rings. The highest BCUT2D eigenvalue weighted by Crippen LogP contribution is 2.29. The maximum absolute atomic E-state index is 13.0. The number of ether oxygens (including phenoxy) is 1. The maximum Gasteiger partial charge on any atom is 0.266 e. The standard InChI is InChI=1S/C26H29N3O3/c1-5-14-32-24-12-10-19-8-6-7-9-21(19)23(24)16-29(4)25(30)13-11-20-17(2)22(15-27)26(31)28-18(20)3/h6-10,12H,5,11,13-14,16H2,1-4H3,(H,28,31). The Morgan fingerprint density at radius 2 is 1.91 bits per heavy atom. The SMILES string of the molecule is CCCOc1ccc2ccccc2c1CN(C)C(=O)CCc1c(C)[nH]c(=O)c(C#N)c1C. The van der Waals surface area contributed by atoms with Gasteiger partial charge in [-0.2, -0.15) is 5.26 Å². The van der Waals surface area contributed by atoms with Crippen LogP contribution in [0.3, 0.4) is 0 Å². The number of benzene rings is 2. The smallest absolute Gasteiger partial charge is 0.266 e. The molecular weight excluding hydrogens is 402 g/mol. The molecule has 6 heteroatoms. The lowest BCUT2D eigenvalue weighted by Gasteiger charge is -2.21. The summed E-state index contributed by atoms with van der Waals surface area (Å²) in [5.74, 6) is 0.791. The first kappa shape index (κ1) is 23.1. The first-order valence-corrected chi connectivity index (χ1v) is 10.9. The van der Waals surface area contributed by atoms with Crippen molar-refractivity contribution in [2.75, 3.05) is 13.7 Å². The van der Waals surface area contributed by atoms with Crippen molar-refractivity contribution in [1.82, 2.24) is 9.88 Å². The first-order valence-electron chi connectivity index (χ1n) is 10.9. The van der Waals surface area contributed by atoms with Crippen LogP contribution in [-0.4, -0.2) is 29.4 Å². The molecule has 0 saturated heterocycles. The maximum atomic E-state index is 13.0. The van der Waals surface area contributed by atoms with Crippen molar-refractivity contribution in [2.24, 2.45) is 0 Å².